The van der Waals surface area contributed by atoms with E-state index >= 15 is 0 Å². The van der Waals surface area contributed by atoms with E-state index in [2.05, 4.69) is 15.4 Å². The Morgan fingerprint density at radius 3 is 2.54 bits per heavy atom. The summed E-state index contributed by atoms with van der Waals surface area (Å²) < 4.78 is 1.84. The number of benzene rings is 1. The third-order valence-electron chi connectivity index (χ3n) is 3.77. The molecule has 0 bridgehead atoms. The Balaban J connectivity index is 1.51. The number of carbonyl (C=O) groups excluding carboxylic acids is 1. The van der Waals surface area contributed by atoms with E-state index < -0.39 is 0 Å². The van der Waals surface area contributed by atoms with Gasteiger partial charge in [0.05, 0.1) is 6.42 Å². The van der Waals surface area contributed by atoms with Crippen molar-refractivity contribution in [3.63, 3.8) is 0 Å². The Hall–Kier alpha value is -2.95. The van der Waals surface area contributed by atoms with Crippen LogP contribution in [0.1, 0.15) is 16.7 Å². The molecule has 0 aliphatic carbocycles. The van der Waals surface area contributed by atoms with Crippen molar-refractivity contribution in [2.75, 3.05) is 5.32 Å². The maximum Gasteiger partial charge on any atom is 0.229 e. The summed E-state index contributed by atoms with van der Waals surface area (Å²) in [6.07, 6.45) is 6.68. The molecule has 3 rings (SSSR count). The molecule has 0 aliphatic heterocycles. The van der Waals surface area contributed by atoms with E-state index in [-0.39, 0.29) is 5.91 Å². The van der Waals surface area contributed by atoms with Crippen molar-refractivity contribution < 1.29 is 4.79 Å². The standard InChI is InChI=1S/C19H20N4O/c1-15-2-4-17(5-3-15)14-19(24)21-18-9-13-23(22-18)12-8-16-6-10-20-11-7-16/h2-7,9-11,13H,8,12,14H2,1H3,(H,21,22,24). The van der Waals surface area contributed by atoms with E-state index in [1.807, 2.05) is 60.3 Å². The number of aryl methyl sites for hydroxylation is 3. The summed E-state index contributed by atoms with van der Waals surface area (Å²) in [6.45, 7) is 2.79. The first-order valence-electron chi connectivity index (χ1n) is 7.97. The molecule has 0 saturated carbocycles. The van der Waals surface area contributed by atoms with Gasteiger partial charge in [0.1, 0.15) is 0 Å². The average Bonchev–Trinajstić information content (AvgIpc) is 3.03. The minimum atomic E-state index is -0.0572. The summed E-state index contributed by atoms with van der Waals surface area (Å²) in [7, 11) is 0. The van der Waals surface area contributed by atoms with Crippen molar-refractivity contribution in [1.82, 2.24) is 14.8 Å². The molecule has 1 N–H and O–H groups in total. The zero-order chi connectivity index (χ0) is 16.8. The van der Waals surface area contributed by atoms with Crippen LogP contribution < -0.4 is 5.32 Å². The first-order valence-corrected chi connectivity index (χ1v) is 7.97. The van der Waals surface area contributed by atoms with Gasteiger partial charge in [-0.05, 0) is 36.6 Å². The highest BCUT2D eigenvalue weighted by molar-refractivity contribution is 5.91. The number of amides is 1. The van der Waals surface area contributed by atoms with Crippen molar-refractivity contribution in [3.05, 3.63) is 77.7 Å². The quantitative estimate of drug-likeness (QED) is 0.759. The van der Waals surface area contributed by atoms with Crippen molar-refractivity contribution in [1.29, 1.82) is 0 Å². The molecule has 0 aliphatic rings. The van der Waals surface area contributed by atoms with Crippen LogP contribution in [0.15, 0.2) is 61.1 Å². The third kappa shape index (κ3) is 4.52. The van der Waals surface area contributed by atoms with Crippen molar-refractivity contribution in [2.24, 2.45) is 0 Å². The monoisotopic (exact) mass is 320 g/mol. The molecule has 2 heterocycles. The third-order valence-corrected chi connectivity index (χ3v) is 3.77. The van der Waals surface area contributed by atoms with Crippen molar-refractivity contribution >= 4 is 11.7 Å². The van der Waals surface area contributed by atoms with E-state index in [0.717, 1.165) is 18.5 Å². The summed E-state index contributed by atoms with van der Waals surface area (Å²) in [4.78, 5) is 16.1. The number of nitrogens with one attached hydrogen (secondary N) is 1. The van der Waals surface area contributed by atoms with Crippen LogP contribution >= 0.6 is 0 Å². The number of hydrogen-bond acceptors (Lipinski definition) is 3. The van der Waals surface area contributed by atoms with Crippen LogP contribution in [0.25, 0.3) is 0 Å². The minimum Gasteiger partial charge on any atom is -0.309 e. The largest absolute Gasteiger partial charge is 0.309 e. The van der Waals surface area contributed by atoms with Crippen LogP contribution in [-0.2, 0) is 24.2 Å². The molecule has 3 aromatic rings. The fraction of sp³-hybridized carbons (Fsp3) is 0.211. The molecule has 0 fully saturated rings. The minimum absolute atomic E-state index is 0.0572. The molecule has 0 unspecified atom stereocenters. The molecule has 1 amide bonds. The smallest absolute Gasteiger partial charge is 0.229 e. The molecule has 0 saturated heterocycles. The van der Waals surface area contributed by atoms with Gasteiger partial charge in [-0.25, -0.2) is 0 Å². The maximum absolute atomic E-state index is 12.1. The van der Waals surface area contributed by atoms with Crippen LogP contribution in [0.4, 0.5) is 5.82 Å². The highest BCUT2D eigenvalue weighted by Crippen LogP contribution is 2.08. The van der Waals surface area contributed by atoms with Gasteiger partial charge >= 0.3 is 0 Å². The lowest BCUT2D eigenvalue weighted by Crippen LogP contribution is -2.15. The molecule has 5 heteroatoms. The van der Waals surface area contributed by atoms with Crippen molar-refractivity contribution in [2.45, 2.75) is 26.3 Å². The van der Waals surface area contributed by atoms with Gasteiger partial charge in [-0.15, -0.1) is 0 Å². The van der Waals surface area contributed by atoms with Gasteiger partial charge in [0.25, 0.3) is 0 Å². The van der Waals surface area contributed by atoms with E-state index in [1.165, 1.54) is 11.1 Å². The fourth-order valence-electron chi connectivity index (χ4n) is 2.42. The second-order valence-electron chi connectivity index (χ2n) is 5.78. The van der Waals surface area contributed by atoms with Crippen LogP contribution in [0.2, 0.25) is 0 Å². The zero-order valence-electron chi connectivity index (χ0n) is 13.6. The van der Waals surface area contributed by atoms with Crippen LogP contribution in [-0.4, -0.2) is 20.7 Å². The lowest BCUT2D eigenvalue weighted by Gasteiger charge is -2.04. The molecule has 0 spiro atoms. The van der Waals surface area contributed by atoms with E-state index in [0.29, 0.717) is 12.2 Å². The Labute approximate surface area is 141 Å². The number of nitrogens with zero attached hydrogens (tertiary/aromatic N) is 3. The number of aromatic nitrogens is 3. The molecule has 0 atom stereocenters. The predicted octanol–water partition coefficient (Wildman–Crippen LogP) is 3.01. The van der Waals surface area contributed by atoms with Crippen LogP contribution in [0, 0.1) is 6.92 Å². The molecule has 0 radical (unpaired) electrons. The second-order valence-corrected chi connectivity index (χ2v) is 5.78. The Bertz CT molecular complexity index is 794. The Kier molecular flexibility index (Phi) is 5.01. The van der Waals surface area contributed by atoms with Gasteiger partial charge < -0.3 is 5.32 Å². The van der Waals surface area contributed by atoms with E-state index in [9.17, 15) is 4.79 Å². The number of rotatable bonds is 6. The van der Waals surface area contributed by atoms with E-state index in [1.54, 1.807) is 12.4 Å². The number of pyridine rings is 1. The summed E-state index contributed by atoms with van der Waals surface area (Å²) in [5, 5.41) is 7.23. The topological polar surface area (TPSA) is 59.8 Å². The van der Waals surface area contributed by atoms with Gasteiger partial charge in [-0.3, -0.25) is 14.5 Å². The molecule has 5 nitrogen and oxygen atoms in total. The van der Waals surface area contributed by atoms with Gasteiger partial charge in [-0.2, -0.15) is 5.10 Å². The SMILES string of the molecule is Cc1ccc(CC(=O)Nc2ccn(CCc3ccncc3)n2)cc1. The van der Waals surface area contributed by atoms with Gasteiger partial charge in [-0.1, -0.05) is 29.8 Å². The van der Waals surface area contributed by atoms with E-state index in [4.69, 9.17) is 0 Å². The highest BCUT2D eigenvalue weighted by atomic mass is 16.1. The summed E-state index contributed by atoms with van der Waals surface area (Å²) >= 11 is 0. The van der Waals surface area contributed by atoms with Gasteiger partial charge in [0.15, 0.2) is 5.82 Å². The molecule has 1 aromatic carbocycles. The average molecular weight is 320 g/mol. The number of hydrogen-bond donors (Lipinski definition) is 1. The lowest BCUT2D eigenvalue weighted by atomic mass is 10.1. The summed E-state index contributed by atoms with van der Waals surface area (Å²) in [5.41, 5.74) is 3.40. The number of carbonyl (C=O) groups is 1. The predicted molar refractivity (Wildman–Crippen MR) is 93.7 cm³/mol. The fourth-order valence-corrected chi connectivity index (χ4v) is 2.42. The second kappa shape index (κ2) is 7.55. The Morgan fingerprint density at radius 2 is 1.79 bits per heavy atom. The molecule has 122 valence electrons. The first-order chi connectivity index (χ1) is 11.7. The maximum atomic E-state index is 12.1. The molecular formula is C19H20N4O. The molecule has 2 aromatic heterocycles. The van der Waals surface area contributed by atoms with Crippen LogP contribution in [0.5, 0.6) is 0 Å². The van der Waals surface area contributed by atoms with Gasteiger partial charge in [0, 0.05) is 31.2 Å². The first kappa shape index (κ1) is 15.9. The molecular weight excluding hydrogens is 300 g/mol. The zero-order valence-corrected chi connectivity index (χ0v) is 13.6. The van der Waals surface area contributed by atoms with Crippen LogP contribution in [0.3, 0.4) is 0 Å². The Morgan fingerprint density at radius 1 is 1.04 bits per heavy atom. The van der Waals surface area contributed by atoms with Crippen molar-refractivity contribution in [3.8, 4) is 0 Å². The number of anilines is 1. The lowest BCUT2D eigenvalue weighted by molar-refractivity contribution is -0.115. The highest BCUT2D eigenvalue weighted by Gasteiger charge is 2.06. The summed E-state index contributed by atoms with van der Waals surface area (Å²) in [6, 6.07) is 13.8. The normalized spacial score (nSPS) is 10.5. The summed E-state index contributed by atoms with van der Waals surface area (Å²) in [5.74, 6) is 0.528. The molecule has 24 heavy (non-hydrogen) atoms. The van der Waals surface area contributed by atoms with Gasteiger partial charge in [0.2, 0.25) is 5.91 Å².